The summed E-state index contributed by atoms with van der Waals surface area (Å²) in [6.07, 6.45) is -0.00510. The van der Waals surface area contributed by atoms with Crippen molar-refractivity contribution in [2.45, 2.75) is 31.0 Å². The van der Waals surface area contributed by atoms with Gasteiger partial charge in [0.05, 0.1) is 11.6 Å². The van der Waals surface area contributed by atoms with Crippen LogP contribution in [0.5, 0.6) is 5.75 Å². The number of benzene rings is 1. The lowest BCUT2D eigenvalue weighted by Gasteiger charge is -2.50. The number of aliphatic hydroxyl groups excluding tert-OH is 2. The summed E-state index contributed by atoms with van der Waals surface area (Å²) in [5.74, 6) is -8.13. The fourth-order valence-corrected chi connectivity index (χ4v) is 5.78. The number of carbonyl (C=O) groups excluding carboxylic acids is 3. The maximum atomic E-state index is 14.8. The number of nitrogens with zero attached hydrogens (tertiary/aromatic N) is 2. The van der Waals surface area contributed by atoms with Gasteiger partial charge in [-0.1, -0.05) is 0 Å². The number of rotatable bonds is 4. The van der Waals surface area contributed by atoms with Crippen molar-refractivity contribution in [1.82, 2.24) is 9.80 Å². The number of nitrogens with two attached hydrogens (primary N) is 1. The smallest absolute Gasteiger partial charge is 0.255 e. The quantitative estimate of drug-likeness (QED) is 0.375. The van der Waals surface area contributed by atoms with Gasteiger partial charge in [-0.25, -0.2) is 4.39 Å². The highest BCUT2D eigenvalue weighted by atomic mass is 19.1. The van der Waals surface area contributed by atoms with Crippen LogP contribution in [0.25, 0.3) is 0 Å². The van der Waals surface area contributed by atoms with E-state index in [1.54, 1.807) is 33.1 Å². The molecule has 0 radical (unpaired) electrons. The molecule has 11 heteroatoms. The van der Waals surface area contributed by atoms with Crippen molar-refractivity contribution in [2.24, 2.45) is 17.6 Å². The number of aromatic hydroxyl groups is 1. The van der Waals surface area contributed by atoms with E-state index in [4.69, 9.17) is 5.73 Å². The zero-order valence-corrected chi connectivity index (χ0v) is 19.8. The molecule has 6 N–H and O–H groups in total. The fourth-order valence-electron chi connectivity index (χ4n) is 5.78. The first-order chi connectivity index (χ1) is 16.2. The summed E-state index contributed by atoms with van der Waals surface area (Å²) in [4.78, 5) is 41.9. The monoisotopic (exact) mass is 489 g/mol. The molecule has 0 saturated heterocycles. The predicted octanol–water partition coefficient (Wildman–Crippen LogP) is 0.321. The molecule has 0 heterocycles. The predicted molar refractivity (Wildman–Crippen MR) is 121 cm³/mol. The molecule has 1 amide bonds. The van der Waals surface area contributed by atoms with Crippen LogP contribution in [0.1, 0.15) is 27.9 Å². The van der Waals surface area contributed by atoms with E-state index < -0.39 is 69.6 Å². The van der Waals surface area contributed by atoms with Crippen molar-refractivity contribution in [3.8, 4) is 5.75 Å². The summed E-state index contributed by atoms with van der Waals surface area (Å²) in [6, 6.07) is 0.103. The number of Topliss-reactive ketones (excluding diaryl/α,β-unsaturated/α-hetero) is 2. The Morgan fingerprint density at radius 2 is 1.83 bits per heavy atom. The van der Waals surface area contributed by atoms with Crippen LogP contribution in [0.2, 0.25) is 0 Å². The number of ketones is 2. The number of amides is 1. The minimum Gasteiger partial charge on any atom is -0.510 e. The van der Waals surface area contributed by atoms with Crippen molar-refractivity contribution in [2.75, 3.05) is 28.2 Å². The van der Waals surface area contributed by atoms with E-state index in [0.29, 0.717) is 0 Å². The lowest BCUT2D eigenvalue weighted by atomic mass is 9.58. The molecule has 3 aliphatic rings. The first kappa shape index (κ1) is 24.8. The van der Waals surface area contributed by atoms with Gasteiger partial charge in [0.25, 0.3) is 5.91 Å². The fraction of sp³-hybridized carbons (Fsp3) is 0.458. The van der Waals surface area contributed by atoms with E-state index >= 15 is 0 Å². The Balaban J connectivity index is 1.94. The number of hydrogen-bond acceptors (Lipinski definition) is 9. The average molecular weight is 490 g/mol. The van der Waals surface area contributed by atoms with Gasteiger partial charge in [-0.3, -0.25) is 19.3 Å². The second kappa shape index (κ2) is 8.14. The largest absolute Gasteiger partial charge is 0.510 e. The van der Waals surface area contributed by atoms with Crippen LogP contribution in [0.4, 0.5) is 4.39 Å². The second-order valence-corrected chi connectivity index (χ2v) is 9.92. The molecule has 0 unspecified atom stereocenters. The Morgan fingerprint density at radius 1 is 1.20 bits per heavy atom. The van der Waals surface area contributed by atoms with Crippen molar-refractivity contribution in [1.29, 1.82) is 0 Å². The van der Waals surface area contributed by atoms with Gasteiger partial charge in [0, 0.05) is 23.6 Å². The number of likely N-dealkylation sites (N-methyl/N-ethyl adjacent to an activating group) is 1. The molecule has 0 bridgehead atoms. The van der Waals surface area contributed by atoms with E-state index in [0.717, 1.165) is 0 Å². The first-order valence-electron chi connectivity index (χ1n) is 11.1. The van der Waals surface area contributed by atoms with Gasteiger partial charge in [0.2, 0.25) is 5.78 Å². The van der Waals surface area contributed by atoms with Gasteiger partial charge in [0.1, 0.15) is 28.7 Å². The van der Waals surface area contributed by atoms with Crippen molar-refractivity contribution >= 4 is 17.5 Å². The molecule has 35 heavy (non-hydrogen) atoms. The van der Waals surface area contributed by atoms with Gasteiger partial charge in [0.15, 0.2) is 11.4 Å². The molecule has 10 nitrogen and oxygen atoms in total. The Hall–Kier alpha value is -3.28. The molecular formula is C24H28FN3O7. The molecule has 0 aromatic heterocycles. The third-order valence-electron chi connectivity index (χ3n) is 7.24. The molecule has 4 rings (SSSR count). The maximum absolute atomic E-state index is 14.8. The molecule has 1 aromatic carbocycles. The van der Waals surface area contributed by atoms with E-state index in [9.17, 15) is 39.2 Å². The normalized spacial score (nSPS) is 28.4. The summed E-state index contributed by atoms with van der Waals surface area (Å²) in [5.41, 5.74) is 1.40. The maximum Gasteiger partial charge on any atom is 0.255 e. The summed E-state index contributed by atoms with van der Waals surface area (Å²) < 4.78 is 14.8. The minimum atomic E-state index is -2.70. The second-order valence-electron chi connectivity index (χ2n) is 9.92. The topological polar surface area (TPSA) is 165 Å². The van der Waals surface area contributed by atoms with Crippen LogP contribution in [0.15, 0.2) is 28.7 Å². The molecule has 0 saturated carbocycles. The molecule has 0 spiro atoms. The zero-order valence-electron chi connectivity index (χ0n) is 19.8. The van der Waals surface area contributed by atoms with E-state index in [-0.39, 0.29) is 41.6 Å². The number of aliphatic hydroxyl groups is 3. The van der Waals surface area contributed by atoms with Gasteiger partial charge in [-0.05, 0) is 58.6 Å². The van der Waals surface area contributed by atoms with E-state index in [2.05, 4.69) is 0 Å². The summed E-state index contributed by atoms with van der Waals surface area (Å²) in [7, 11) is 6.42. The molecule has 4 atom stereocenters. The number of fused-ring (bicyclic) bond motifs is 3. The summed E-state index contributed by atoms with van der Waals surface area (Å²) >= 11 is 0. The summed E-state index contributed by atoms with van der Waals surface area (Å²) in [5, 5.41) is 44.3. The van der Waals surface area contributed by atoms with Gasteiger partial charge >= 0.3 is 0 Å². The third-order valence-corrected chi connectivity index (χ3v) is 7.24. The molecule has 188 valence electrons. The number of allylic oxidation sites excluding steroid dienone is 1. The van der Waals surface area contributed by atoms with Gasteiger partial charge in [-0.15, -0.1) is 0 Å². The number of primary amides is 1. The van der Waals surface area contributed by atoms with Crippen LogP contribution in [0, 0.1) is 17.7 Å². The van der Waals surface area contributed by atoms with Gasteiger partial charge < -0.3 is 31.1 Å². The molecule has 0 aliphatic heterocycles. The Kier molecular flexibility index (Phi) is 5.78. The van der Waals surface area contributed by atoms with Crippen molar-refractivity contribution < 1.29 is 39.2 Å². The SMILES string of the molecule is CN(C)Cc1c(F)cc2c(c1O)C(=O)C1=C(O)[C@]3(O)C(=O)C(C(N)=O)=C(O)[C@@H](N(C)C)[C@@H]3C[C@@H]1C2. The molecule has 0 fully saturated rings. The number of phenolic OH excluding ortho intramolecular Hbond substituents is 1. The van der Waals surface area contributed by atoms with Crippen LogP contribution in [-0.2, 0) is 22.6 Å². The lowest BCUT2D eigenvalue weighted by molar-refractivity contribution is -0.148. The number of phenols is 1. The lowest BCUT2D eigenvalue weighted by Crippen LogP contribution is -2.63. The first-order valence-corrected chi connectivity index (χ1v) is 11.1. The number of hydrogen-bond donors (Lipinski definition) is 5. The highest BCUT2D eigenvalue weighted by Crippen LogP contribution is 2.52. The molecular weight excluding hydrogens is 461 g/mol. The Labute approximate surface area is 200 Å². The van der Waals surface area contributed by atoms with Crippen LogP contribution in [-0.4, -0.2) is 87.5 Å². The Bertz CT molecular complexity index is 1240. The highest BCUT2D eigenvalue weighted by Gasteiger charge is 2.63. The minimum absolute atomic E-state index is 0.00768. The zero-order chi connectivity index (χ0) is 26.1. The number of halogens is 1. The van der Waals surface area contributed by atoms with E-state index in [1.807, 2.05) is 0 Å². The molecule has 1 aromatic rings. The van der Waals surface area contributed by atoms with Gasteiger partial charge in [-0.2, -0.15) is 0 Å². The number of carbonyl (C=O) groups is 3. The van der Waals surface area contributed by atoms with Crippen LogP contribution >= 0.6 is 0 Å². The highest BCUT2D eigenvalue weighted by molar-refractivity contribution is 6.24. The van der Waals surface area contributed by atoms with E-state index in [1.165, 1.54) is 11.0 Å². The van der Waals surface area contributed by atoms with Crippen molar-refractivity contribution in [3.63, 3.8) is 0 Å². The standard InChI is InChI=1S/C24H28FN3O7/c1-27(2)8-11-13(25)7-10-5-9-6-12-17(28(3)4)20(31)16(23(26)34)22(33)24(12,35)21(32)15(9)19(30)14(10)18(11)29/h7,9,12,17,29,31-32,35H,5-6,8H2,1-4H3,(H2,26,34)/t9-,12-,17-,24-/m0/s1. The Morgan fingerprint density at radius 3 is 2.37 bits per heavy atom. The van der Waals surface area contributed by atoms with Crippen molar-refractivity contribution in [3.05, 3.63) is 51.2 Å². The third kappa shape index (κ3) is 3.37. The van der Waals surface area contributed by atoms with Crippen LogP contribution in [0.3, 0.4) is 0 Å². The average Bonchev–Trinajstić information content (AvgIpc) is 2.72. The van der Waals surface area contributed by atoms with Crippen LogP contribution < -0.4 is 5.73 Å². The summed E-state index contributed by atoms with van der Waals surface area (Å²) in [6.45, 7) is 0.00768. The molecule has 3 aliphatic carbocycles.